The highest BCUT2D eigenvalue weighted by atomic mass is 16.5. The van der Waals surface area contributed by atoms with E-state index < -0.39 is 24.1 Å². The van der Waals surface area contributed by atoms with E-state index in [0.29, 0.717) is 38.3 Å². The number of hydrogen-bond donors (Lipinski definition) is 3. The van der Waals surface area contributed by atoms with Crippen molar-refractivity contribution in [2.75, 3.05) is 13.2 Å². The van der Waals surface area contributed by atoms with Gasteiger partial charge in [-0.3, -0.25) is 14.9 Å². The van der Waals surface area contributed by atoms with Crippen LogP contribution in [-0.2, 0) is 19.1 Å². The molecule has 1 heterocycles. The normalized spacial score (nSPS) is 26.7. The molecule has 0 radical (unpaired) electrons. The van der Waals surface area contributed by atoms with Crippen molar-refractivity contribution >= 4 is 17.8 Å². The van der Waals surface area contributed by atoms with Crippen LogP contribution in [-0.4, -0.2) is 65.2 Å². The van der Waals surface area contributed by atoms with Gasteiger partial charge in [0.05, 0.1) is 12.6 Å². The first kappa shape index (κ1) is 27.9. The number of rotatable bonds is 13. The zero-order chi connectivity index (χ0) is 25.2. The predicted octanol–water partition coefficient (Wildman–Crippen LogP) is 3.61. The fourth-order valence-corrected chi connectivity index (χ4v) is 6.58. The van der Waals surface area contributed by atoms with Crippen LogP contribution in [0.4, 0.5) is 0 Å². The number of esters is 1. The number of hydrogen-bond acceptors (Lipinski definition) is 6. The highest BCUT2D eigenvalue weighted by molar-refractivity contribution is 5.88. The summed E-state index contributed by atoms with van der Waals surface area (Å²) in [5.74, 6) is -0.535. The van der Waals surface area contributed by atoms with E-state index in [2.05, 4.69) is 5.32 Å². The van der Waals surface area contributed by atoms with Gasteiger partial charge in [-0.15, -0.1) is 0 Å². The molecule has 1 unspecified atom stereocenters. The second kappa shape index (κ2) is 14.2. The van der Waals surface area contributed by atoms with Crippen LogP contribution in [0.25, 0.3) is 0 Å². The molecule has 200 valence electrons. The highest BCUT2D eigenvalue weighted by Gasteiger charge is 2.49. The van der Waals surface area contributed by atoms with Crippen LogP contribution in [0.1, 0.15) is 103 Å². The third-order valence-electron chi connectivity index (χ3n) is 8.43. The van der Waals surface area contributed by atoms with Gasteiger partial charge in [0, 0.05) is 6.04 Å². The van der Waals surface area contributed by atoms with Gasteiger partial charge >= 0.3 is 11.9 Å². The van der Waals surface area contributed by atoms with Crippen molar-refractivity contribution in [3.05, 3.63) is 0 Å². The minimum absolute atomic E-state index is 0.0144. The third kappa shape index (κ3) is 7.66. The average molecular weight is 494 g/mol. The minimum atomic E-state index is -0.923. The van der Waals surface area contributed by atoms with Crippen LogP contribution in [0.3, 0.4) is 0 Å². The molecule has 3 fully saturated rings. The number of carboxylic acids is 1. The summed E-state index contributed by atoms with van der Waals surface area (Å²) in [5.41, 5.74) is 5.71. The molecule has 0 aromatic heterocycles. The number of carbonyl (C=O) groups excluding carboxylic acids is 2. The second-order valence-electron chi connectivity index (χ2n) is 10.8. The molecule has 1 saturated heterocycles. The Bertz CT molecular complexity index is 696. The highest BCUT2D eigenvalue weighted by Crippen LogP contribution is 2.40. The molecule has 3 aliphatic rings. The number of carboxylic acid groups (broad SMARTS) is 1. The van der Waals surface area contributed by atoms with E-state index in [4.69, 9.17) is 10.5 Å². The Kier molecular flexibility index (Phi) is 11.3. The van der Waals surface area contributed by atoms with Gasteiger partial charge in [-0.25, -0.2) is 4.79 Å². The summed E-state index contributed by atoms with van der Waals surface area (Å²) in [6.45, 7) is 2.63. The molecule has 2 aliphatic carbocycles. The summed E-state index contributed by atoms with van der Waals surface area (Å²) in [5, 5.41) is 13.3. The van der Waals surface area contributed by atoms with Crippen molar-refractivity contribution in [1.29, 1.82) is 0 Å². The molecule has 5 atom stereocenters. The van der Waals surface area contributed by atoms with E-state index in [-0.39, 0.29) is 23.8 Å². The first-order chi connectivity index (χ1) is 17.0. The lowest BCUT2D eigenvalue weighted by molar-refractivity contribution is -0.152. The number of likely N-dealkylation sites (tertiary alicyclic amines) is 1. The van der Waals surface area contributed by atoms with Crippen LogP contribution in [0.15, 0.2) is 0 Å². The molecular weight excluding hydrogens is 446 g/mol. The average Bonchev–Trinajstić information content (AvgIpc) is 3.26. The molecule has 0 aromatic carbocycles. The molecule has 8 nitrogen and oxygen atoms in total. The molecule has 1 aliphatic heterocycles. The number of ether oxygens (including phenoxy) is 1. The number of nitrogens with one attached hydrogen (secondary N) is 1. The monoisotopic (exact) mass is 493 g/mol. The van der Waals surface area contributed by atoms with E-state index in [1.807, 2.05) is 0 Å². The third-order valence-corrected chi connectivity index (χ3v) is 8.43. The zero-order valence-corrected chi connectivity index (χ0v) is 21.6. The lowest BCUT2D eigenvalue weighted by Crippen LogP contribution is -2.56. The van der Waals surface area contributed by atoms with Gasteiger partial charge in [0.1, 0.15) is 12.1 Å². The van der Waals surface area contributed by atoms with Crippen molar-refractivity contribution < 1.29 is 24.2 Å². The zero-order valence-electron chi connectivity index (χ0n) is 21.6. The quantitative estimate of drug-likeness (QED) is 0.265. The maximum absolute atomic E-state index is 13.9. The summed E-state index contributed by atoms with van der Waals surface area (Å²) >= 11 is 0. The van der Waals surface area contributed by atoms with Gasteiger partial charge in [0.25, 0.3) is 0 Å². The van der Waals surface area contributed by atoms with E-state index in [1.54, 1.807) is 11.8 Å². The van der Waals surface area contributed by atoms with E-state index in [0.717, 1.165) is 44.9 Å². The smallest absolute Gasteiger partial charge is 0.326 e. The topological polar surface area (TPSA) is 122 Å². The molecule has 0 bridgehead atoms. The summed E-state index contributed by atoms with van der Waals surface area (Å²) in [4.78, 5) is 40.6. The van der Waals surface area contributed by atoms with Gasteiger partial charge in [-0.2, -0.15) is 0 Å². The van der Waals surface area contributed by atoms with Gasteiger partial charge in [-0.05, 0) is 70.3 Å². The van der Waals surface area contributed by atoms with Gasteiger partial charge in [0.2, 0.25) is 5.91 Å². The Labute approximate surface area is 210 Å². The Morgan fingerprint density at radius 1 is 1.00 bits per heavy atom. The fourth-order valence-electron chi connectivity index (χ4n) is 6.58. The SMILES string of the molecule is CCOC(=O)C(CCC1CCCCC1)N[C@@H](CCCCN)C(=O)N1[C@H](C(=O)O)C[C@@H]2CCCC[C@@H]21. The van der Waals surface area contributed by atoms with Crippen LogP contribution in [0, 0.1) is 11.8 Å². The molecule has 2 saturated carbocycles. The Hall–Kier alpha value is -1.67. The molecule has 0 aromatic rings. The van der Waals surface area contributed by atoms with Crippen molar-refractivity contribution in [1.82, 2.24) is 10.2 Å². The number of unbranched alkanes of at least 4 members (excludes halogenated alkanes) is 1. The lowest BCUT2D eigenvalue weighted by Gasteiger charge is -2.36. The minimum Gasteiger partial charge on any atom is -0.480 e. The maximum Gasteiger partial charge on any atom is 0.326 e. The standard InChI is InChI=1S/C27H47N3O5/c1-2-35-27(34)22(16-15-19-10-4-3-5-11-19)29-21(13-8-9-17-28)25(31)30-23-14-7-6-12-20(23)18-24(30)26(32)33/h19-24,29H,2-18,28H2,1H3,(H,32,33)/t20-,21-,22?,23-,24-/m0/s1. The molecule has 8 heteroatoms. The number of amides is 1. The van der Waals surface area contributed by atoms with Crippen molar-refractivity contribution in [2.24, 2.45) is 17.6 Å². The summed E-state index contributed by atoms with van der Waals surface area (Å²) in [7, 11) is 0. The molecule has 35 heavy (non-hydrogen) atoms. The molecule has 1 amide bonds. The van der Waals surface area contributed by atoms with Crippen LogP contribution < -0.4 is 11.1 Å². The molecule has 3 rings (SSSR count). The summed E-state index contributed by atoms with van der Waals surface area (Å²) < 4.78 is 5.38. The Morgan fingerprint density at radius 2 is 1.71 bits per heavy atom. The van der Waals surface area contributed by atoms with Crippen LogP contribution in [0.5, 0.6) is 0 Å². The maximum atomic E-state index is 13.9. The molecule has 4 N–H and O–H groups in total. The second-order valence-corrected chi connectivity index (χ2v) is 10.8. The Balaban J connectivity index is 1.76. The van der Waals surface area contributed by atoms with Gasteiger partial charge in [0.15, 0.2) is 0 Å². The summed E-state index contributed by atoms with van der Waals surface area (Å²) in [6.07, 6.45) is 14.3. The predicted molar refractivity (Wildman–Crippen MR) is 135 cm³/mol. The largest absolute Gasteiger partial charge is 0.480 e. The van der Waals surface area contributed by atoms with E-state index >= 15 is 0 Å². The fraction of sp³-hybridized carbons (Fsp3) is 0.889. The van der Waals surface area contributed by atoms with Crippen molar-refractivity contribution in [3.63, 3.8) is 0 Å². The molecule has 0 spiro atoms. The lowest BCUT2D eigenvalue weighted by atomic mass is 9.84. The number of nitrogens with two attached hydrogens (primary N) is 1. The number of nitrogens with zero attached hydrogens (tertiary/aromatic N) is 1. The van der Waals surface area contributed by atoms with Crippen molar-refractivity contribution in [3.8, 4) is 0 Å². The molecular formula is C27H47N3O5. The van der Waals surface area contributed by atoms with Gasteiger partial charge in [-0.1, -0.05) is 51.4 Å². The Morgan fingerprint density at radius 3 is 2.40 bits per heavy atom. The number of carbonyl (C=O) groups is 3. The number of fused-ring (bicyclic) bond motifs is 1. The van der Waals surface area contributed by atoms with Crippen LogP contribution >= 0.6 is 0 Å². The number of aliphatic carboxylic acids is 1. The summed E-state index contributed by atoms with van der Waals surface area (Å²) in [6, 6.07) is -1.96. The van der Waals surface area contributed by atoms with E-state index in [1.165, 1.54) is 32.1 Å². The van der Waals surface area contributed by atoms with Crippen LogP contribution in [0.2, 0.25) is 0 Å². The first-order valence-electron chi connectivity index (χ1n) is 14.1. The first-order valence-corrected chi connectivity index (χ1v) is 14.1. The van der Waals surface area contributed by atoms with E-state index in [9.17, 15) is 19.5 Å². The van der Waals surface area contributed by atoms with Gasteiger partial charge < -0.3 is 20.5 Å². The van der Waals surface area contributed by atoms with Crippen molar-refractivity contribution in [2.45, 2.75) is 127 Å².